The number of aromatic nitrogens is 2. The monoisotopic (exact) mass is 269 g/mol. The van der Waals surface area contributed by atoms with Crippen LogP contribution in [0.3, 0.4) is 0 Å². The molecule has 0 aliphatic carbocycles. The van der Waals surface area contributed by atoms with Crippen molar-refractivity contribution >= 4 is 0 Å². The Morgan fingerprint density at radius 2 is 2.37 bits per heavy atom. The zero-order valence-corrected chi connectivity index (χ0v) is 9.58. The second kappa shape index (κ2) is 5.24. The van der Waals surface area contributed by atoms with Crippen LogP contribution in [-0.4, -0.2) is 38.2 Å². The fourth-order valence-electron chi connectivity index (χ4n) is 1.89. The number of aromatic amines is 1. The Kier molecular flexibility index (Phi) is 3.67. The molecule has 0 amide bonds. The largest absolute Gasteiger partial charge is 0.390 e. The van der Waals surface area contributed by atoms with E-state index in [1.54, 1.807) is 0 Å². The molecule has 2 rings (SSSR count). The highest BCUT2D eigenvalue weighted by Gasteiger charge is 2.39. The van der Waals surface area contributed by atoms with Crippen LogP contribution in [0.25, 0.3) is 10.4 Å². The van der Waals surface area contributed by atoms with Crippen LogP contribution in [0.15, 0.2) is 27.0 Å². The summed E-state index contributed by atoms with van der Waals surface area (Å²) in [6.07, 6.45) is -3.38. The molecule has 102 valence electrons. The number of ether oxygens (including phenoxy) is 1. The van der Waals surface area contributed by atoms with Crippen LogP contribution in [0.1, 0.15) is 12.6 Å². The van der Waals surface area contributed by atoms with Gasteiger partial charge in [-0.05, 0) is 5.53 Å². The van der Waals surface area contributed by atoms with Gasteiger partial charge in [0.05, 0.1) is 6.10 Å². The number of nitrogens with zero attached hydrogens (tertiary/aromatic N) is 4. The SMILES string of the molecule is [N-]=[N+]=NC(O)[C@H]1O[C@@H](n2ccc(=O)[nH]c2=O)C[C@@H]1O. The van der Waals surface area contributed by atoms with E-state index in [2.05, 4.69) is 10.0 Å². The zero-order chi connectivity index (χ0) is 14.0. The van der Waals surface area contributed by atoms with E-state index in [0.717, 1.165) is 10.6 Å². The molecule has 4 atom stereocenters. The summed E-state index contributed by atoms with van der Waals surface area (Å²) >= 11 is 0. The summed E-state index contributed by atoms with van der Waals surface area (Å²) in [7, 11) is 0. The molecule has 2 heterocycles. The first-order valence-electron chi connectivity index (χ1n) is 5.40. The molecule has 3 N–H and O–H groups in total. The lowest BCUT2D eigenvalue weighted by atomic mass is 10.1. The van der Waals surface area contributed by atoms with Crippen LogP contribution >= 0.6 is 0 Å². The summed E-state index contributed by atoms with van der Waals surface area (Å²) in [5, 5.41) is 22.2. The van der Waals surface area contributed by atoms with Gasteiger partial charge in [0.2, 0.25) is 0 Å². The number of rotatable bonds is 3. The van der Waals surface area contributed by atoms with Gasteiger partial charge < -0.3 is 14.9 Å². The number of H-pyrrole nitrogens is 1. The van der Waals surface area contributed by atoms with Gasteiger partial charge in [0.1, 0.15) is 12.3 Å². The molecule has 1 aromatic rings. The standard InChI is InChI=1S/C9H11N5O5/c10-13-12-8(17)7-4(15)3-6(19-7)14-2-1-5(16)11-9(14)18/h1-2,4,6-8,15,17H,3H2,(H,11,16,18)/t4-,6+,7-,8?/m0/s1. The summed E-state index contributed by atoms with van der Waals surface area (Å²) in [6, 6.07) is 1.13. The normalized spacial score (nSPS) is 27.8. The summed E-state index contributed by atoms with van der Waals surface area (Å²) < 4.78 is 6.35. The lowest BCUT2D eigenvalue weighted by Crippen LogP contribution is -2.34. The van der Waals surface area contributed by atoms with Crippen molar-refractivity contribution in [2.24, 2.45) is 5.11 Å². The smallest absolute Gasteiger partial charge is 0.330 e. The third kappa shape index (κ3) is 2.66. The van der Waals surface area contributed by atoms with Crippen molar-refractivity contribution < 1.29 is 14.9 Å². The number of hydrogen-bond donors (Lipinski definition) is 3. The molecule has 0 radical (unpaired) electrons. The average molecular weight is 269 g/mol. The summed E-state index contributed by atoms with van der Waals surface area (Å²) in [4.78, 5) is 26.9. The van der Waals surface area contributed by atoms with Crippen LogP contribution < -0.4 is 11.2 Å². The third-order valence-electron chi connectivity index (χ3n) is 2.76. The highest BCUT2D eigenvalue weighted by Crippen LogP contribution is 2.29. The van der Waals surface area contributed by atoms with E-state index < -0.39 is 35.9 Å². The molecule has 1 saturated heterocycles. The topological polar surface area (TPSA) is 153 Å². The summed E-state index contributed by atoms with van der Waals surface area (Å²) in [6.45, 7) is 0. The van der Waals surface area contributed by atoms with Gasteiger partial charge in [0.15, 0.2) is 6.23 Å². The number of aliphatic hydroxyl groups excluding tert-OH is 2. The first kappa shape index (κ1) is 13.3. The fraction of sp³-hybridized carbons (Fsp3) is 0.556. The highest BCUT2D eigenvalue weighted by atomic mass is 16.5. The Bertz CT molecular complexity index is 618. The van der Waals surface area contributed by atoms with Gasteiger partial charge in [-0.1, -0.05) is 5.11 Å². The predicted octanol–water partition coefficient (Wildman–Crippen LogP) is -1.19. The molecular formula is C9H11N5O5. The van der Waals surface area contributed by atoms with Crippen LogP contribution in [0.2, 0.25) is 0 Å². The molecule has 0 bridgehead atoms. The van der Waals surface area contributed by atoms with E-state index in [-0.39, 0.29) is 6.42 Å². The first-order valence-corrected chi connectivity index (χ1v) is 5.40. The van der Waals surface area contributed by atoms with E-state index in [0.29, 0.717) is 0 Å². The Labute approximate surface area is 105 Å². The van der Waals surface area contributed by atoms with Gasteiger partial charge in [-0.2, -0.15) is 0 Å². The minimum absolute atomic E-state index is 0.0224. The minimum atomic E-state index is -1.55. The van der Waals surface area contributed by atoms with E-state index in [1.165, 1.54) is 6.20 Å². The van der Waals surface area contributed by atoms with Crippen molar-refractivity contribution in [3.05, 3.63) is 43.5 Å². The number of hydrogen-bond acceptors (Lipinski definition) is 6. The maximum atomic E-state index is 11.5. The van der Waals surface area contributed by atoms with Crippen molar-refractivity contribution in [2.75, 3.05) is 0 Å². The summed E-state index contributed by atoms with van der Waals surface area (Å²) in [5.41, 5.74) is 6.97. The van der Waals surface area contributed by atoms with Gasteiger partial charge >= 0.3 is 5.69 Å². The fourth-order valence-corrected chi connectivity index (χ4v) is 1.89. The summed E-state index contributed by atoms with van der Waals surface area (Å²) in [5.74, 6) is 0. The van der Waals surface area contributed by atoms with Crippen LogP contribution in [0, 0.1) is 0 Å². The molecule has 1 aliphatic heterocycles. The van der Waals surface area contributed by atoms with Crippen LogP contribution in [0.4, 0.5) is 0 Å². The van der Waals surface area contributed by atoms with Crippen molar-refractivity contribution in [3.63, 3.8) is 0 Å². The van der Waals surface area contributed by atoms with Gasteiger partial charge in [-0.3, -0.25) is 14.3 Å². The lowest BCUT2D eigenvalue weighted by molar-refractivity contribution is -0.0807. The molecule has 1 fully saturated rings. The lowest BCUT2D eigenvalue weighted by Gasteiger charge is -2.17. The minimum Gasteiger partial charge on any atom is -0.390 e. The average Bonchev–Trinajstić information content (AvgIpc) is 2.71. The van der Waals surface area contributed by atoms with Crippen molar-refractivity contribution in [3.8, 4) is 0 Å². The van der Waals surface area contributed by atoms with Gasteiger partial charge in [0, 0.05) is 23.6 Å². The molecule has 0 spiro atoms. The molecule has 0 aromatic carbocycles. The number of azide groups is 1. The predicted molar refractivity (Wildman–Crippen MR) is 61.0 cm³/mol. The number of nitrogens with one attached hydrogen (secondary N) is 1. The zero-order valence-electron chi connectivity index (χ0n) is 9.58. The van der Waals surface area contributed by atoms with Crippen molar-refractivity contribution in [1.29, 1.82) is 0 Å². The Morgan fingerprint density at radius 3 is 3.00 bits per heavy atom. The molecular weight excluding hydrogens is 258 g/mol. The van der Waals surface area contributed by atoms with Gasteiger partial charge in [-0.25, -0.2) is 4.79 Å². The second-order valence-corrected chi connectivity index (χ2v) is 3.99. The molecule has 1 unspecified atom stereocenters. The van der Waals surface area contributed by atoms with Gasteiger partial charge in [-0.15, -0.1) is 0 Å². The molecule has 1 aliphatic rings. The second-order valence-electron chi connectivity index (χ2n) is 3.99. The van der Waals surface area contributed by atoms with Gasteiger partial charge in [0.25, 0.3) is 5.56 Å². The maximum Gasteiger partial charge on any atom is 0.330 e. The first-order chi connectivity index (χ1) is 9.02. The number of aliphatic hydroxyl groups is 2. The third-order valence-corrected chi connectivity index (χ3v) is 2.76. The Morgan fingerprint density at radius 1 is 1.63 bits per heavy atom. The molecule has 10 heteroatoms. The van der Waals surface area contributed by atoms with E-state index in [9.17, 15) is 19.8 Å². The maximum absolute atomic E-state index is 11.5. The molecule has 1 aromatic heterocycles. The Balaban J connectivity index is 2.23. The molecule has 0 saturated carbocycles. The molecule has 19 heavy (non-hydrogen) atoms. The van der Waals surface area contributed by atoms with Crippen LogP contribution in [0.5, 0.6) is 0 Å². The van der Waals surface area contributed by atoms with E-state index in [1.807, 2.05) is 4.98 Å². The molecule has 10 nitrogen and oxygen atoms in total. The Hall–Kier alpha value is -2.13. The van der Waals surface area contributed by atoms with Crippen molar-refractivity contribution in [2.45, 2.75) is 31.1 Å². The highest BCUT2D eigenvalue weighted by molar-refractivity contribution is 4.90. The quantitative estimate of drug-likeness (QED) is 0.358. The van der Waals surface area contributed by atoms with Crippen molar-refractivity contribution in [1.82, 2.24) is 9.55 Å². The van der Waals surface area contributed by atoms with E-state index in [4.69, 9.17) is 10.3 Å². The van der Waals surface area contributed by atoms with E-state index >= 15 is 0 Å². The van der Waals surface area contributed by atoms with Crippen LogP contribution in [-0.2, 0) is 4.74 Å².